The third-order valence-electron chi connectivity index (χ3n) is 5.23. The SMILES string of the molecule is N#Cc1ccc(C(=O)N2CC[C@@]3(N=C(N)c4c(F)ccc(F)c4N3)[C@@H](F)C2)cc1. The number of nitrogens with two attached hydrogens (primary N) is 1. The minimum Gasteiger partial charge on any atom is -0.383 e. The third-order valence-corrected chi connectivity index (χ3v) is 5.23. The summed E-state index contributed by atoms with van der Waals surface area (Å²) >= 11 is 0. The first-order chi connectivity index (χ1) is 13.8. The number of anilines is 1. The summed E-state index contributed by atoms with van der Waals surface area (Å²) in [6, 6.07) is 9.85. The number of carbonyl (C=O) groups excluding carboxylic acids is 1. The van der Waals surface area contributed by atoms with E-state index in [0.29, 0.717) is 11.1 Å². The van der Waals surface area contributed by atoms with Gasteiger partial charge in [0.1, 0.15) is 17.5 Å². The molecule has 6 nitrogen and oxygen atoms in total. The van der Waals surface area contributed by atoms with E-state index in [1.165, 1.54) is 29.2 Å². The third kappa shape index (κ3) is 3.06. The fraction of sp³-hybridized carbons (Fsp3) is 0.250. The van der Waals surface area contributed by atoms with Crippen molar-refractivity contribution in [2.24, 2.45) is 10.7 Å². The molecule has 0 bridgehead atoms. The van der Waals surface area contributed by atoms with E-state index in [1.807, 2.05) is 6.07 Å². The van der Waals surface area contributed by atoms with Crippen molar-refractivity contribution in [3.8, 4) is 6.07 Å². The van der Waals surface area contributed by atoms with Crippen molar-refractivity contribution in [3.63, 3.8) is 0 Å². The molecule has 0 aromatic heterocycles. The molecule has 0 unspecified atom stereocenters. The Kier molecular flexibility index (Phi) is 4.42. The van der Waals surface area contributed by atoms with E-state index in [-0.39, 0.29) is 36.6 Å². The number of aliphatic imine (C=N–C) groups is 1. The van der Waals surface area contributed by atoms with Crippen molar-refractivity contribution < 1.29 is 18.0 Å². The highest BCUT2D eigenvalue weighted by molar-refractivity contribution is 6.04. The van der Waals surface area contributed by atoms with Crippen molar-refractivity contribution in [2.45, 2.75) is 18.3 Å². The molecule has 1 amide bonds. The van der Waals surface area contributed by atoms with E-state index in [0.717, 1.165) is 12.1 Å². The maximum atomic E-state index is 15.2. The second kappa shape index (κ2) is 6.81. The zero-order valence-corrected chi connectivity index (χ0v) is 15.1. The molecule has 0 saturated carbocycles. The molecule has 9 heteroatoms. The predicted octanol–water partition coefficient (Wildman–Crippen LogP) is 2.55. The monoisotopic (exact) mass is 399 g/mol. The van der Waals surface area contributed by atoms with Gasteiger partial charge in [0.2, 0.25) is 0 Å². The molecule has 3 N–H and O–H groups in total. The van der Waals surface area contributed by atoms with Crippen molar-refractivity contribution in [1.82, 2.24) is 4.90 Å². The Morgan fingerprint density at radius 1 is 1.24 bits per heavy atom. The summed E-state index contributed by atoms with van der Waals surface area (Å²) < 4.78 is 43.4. The second-order valence-corrected chi connectivity index (χ2v) is 6.98. The molecule has 2 aliphatic rings. The van der Waals surface area contributed by atoms with Crippen LogP contribution in [0.5, 0.6) is 0 Å². The van der Waals surface area contributed by atoms with Gasteiger partial charge in [-0.2, -0.15) is 5.26 Å². The first-order valence-corrected chi connectivity index (χ1v) is 8.90. The largest absolute Gasteiger partial charge is 0.383 e. The van der Waals surface area contributed by atoms with Crippen LogP contribution >= 0.6 is 0 Å². The zero-order valence-electron chi connectivity index (χ0n) is 15.1. The molecular formula is C20H16F3N5O. The van der Waals surface area contributed by atoms with Crippen molar-refractivity contribution in [3.05, 3.63) is 64.7 Å². The number of nitriles is 1. The number of hydrogen-bond donors (Lipinski definition) is 2. The molecule has 148 valence electrons. The van der Waals surface area contributed by atoms with E-state index in [1.54, 1.807) is 0 Å². The Balaban J connectivity index is 1.58. The molecule has 0 aliphatic carbocycles. The topological polar surface area (TPSA) is 94.5 Å². The lowest BCUT2D eigenvalue weighted by molar-refractivity contribution is 0.0494. The van der Waals surface area contributed by atoms with Gasteiger partial charge in [-0.1, -0.05) is 0 Å². The summed E-state index contributed by atoms with van der Waals surface area (Å²) in [5, 5.41) is 11.5. The van der Waals surface area contributed by atoms with Crippen LogP contribution in [-0.2, 0) is 0 Å². The first-order valence-electron chi connectivity index (χ1n) is 8.90. The van der Waals surface area contributed by atoms with Gasteiger partial charge in [0.25, 0.3) is 5.91 Å². The number of piperidine rings is 1. The number of hydrogen-bond acceptors (Lipinski definition) is 5. The summed E-state index contributed by atoms with van der Waals surface area (Å²) in [6.07, 6.45) is -1.68. The fourth-order valence-electron chi connectivity index (χ4n) is 3.66. The number of halogens is 3. The van der Waals surface area contributed by atoms with Crippen LogP contribution in [0.2, 0.25) is 0 Å². The van der Waals surface area contributed by atoms with E-state index < -0.39 is 29.4 Å². The van der Waals surface area contributed by atoms with Gasteiger partial charge in [0, 0.05) is 18.5 Å². The van der Waals surface area contributed by atoms with Crippen LogP contribution in [0.25, 0.3) is 0 Å². The molecule has 2 aliphatic heterocycles. The number of benzene rings is 2. The lowest BCUT2D eigenvalue weighted by atomic mass is 9.91. The van der Waals surface area contributed by atoms with Crippen LogP contribution in [0.15, 0.2) is 41.4 Å². The number of nitrogens with one attached hydrogen (secondary N) is 1. The van der Waals surface area contributed by atoms with Crippen LogP contribution in [0.1, 0.15) is 27.9 Å². The summed E-state index contributed by atoms with van der Waals surface area (Å²) in [5.41, 5.74) is 4.53. The number of amidine groups is 1. The second-order valence-electron chi connectivity index (χ2n) is 6.98. The van der Waals surface area contributed by atoms with Gasteiger partial charge in [0.15, 0.2) is 11.8 Å². The maximum Gasteiger partial charge on any atom is 0.253 e. The molecule has 29 heavy (non-hydrogen) atoms. The predicted molar refractivity (Wildman–Crippen MR) is 100 cm³/mol. The minimum absolute atomic E-state index is 0.0201. The molecule has 2 heterocycles. The number of rotatable bonds is 1. The van der Waals surface area contributed by atoms with Crippen molar-refractivity contribution in [2.75, 3.05) is 18.4 Å². The lowest BCUT2D eigenvalue weighted by Gasteiger charge is -2.44. The summed E-state index contributed by atoms with van der Waals surface area (Å²) in [7, 11) is 0. The highest BCUT2D eigenvalue weighted by atomic mass is 19.1. The molecule has 0 radical (unpaired) electrons. The Morgan fingerprint density at radius 2 is 1.93 bits per heavy atom. The van der Waals surface area contributed by atoms with E-state index in [9.17, 15) is 13.6 Å². The minimum atomic E-state index is -1.70. The van der Waals surface area contributed by atoms with Gasteiger partial charge >= 0.3 is 0 Å². The van der Waals surface area contributed by atoms with E-state index >= 15 is 4.39 Å². The van der Waals surface area contributed by atoms with Crippen molar-refractivity contribution >= 4 is 17.4 Å². The number of fused-ring (bicyclic) bond motifs is 1. The Labute approximate surface area is 164 Å². The molecule has 2 aromatic rings. The fourth-order valence-corrected chi connectivity index (χ4v) is 3.66. The van der Waals surface area contributed by atoms with E-state index in [4.69, 9.17) is 11.0 Å². The molecule has 1 saturated heterocycles. The molecular weight excluding hydrogens is 383 g/mol. The van der Waals surface area contributed by atoms with Crippen molar-refractivity contribution in [1.29, 1.82) is 5.26 Å². The molecule has 1 fully saturated rings. The smallest absolute Gasteiger partial charge is 0.253 e. The first kappa shape index (κ1) is 18.8. The number of likely N-dealkylation sites (tertiary alicyclic amines) is 1. The van der Waals surface area contributed by atoms with Gasteiger partial charge in [-0.3, -0.25) is 4.79 Å². The van der Waals surface area contributed by atoms with Crippen LogP contribution < -0.4 is 11.1 Å². The van der Waals surface area contributed by atoms with Gasteiger partial charge in [-0.25, -0.2) is 18.2 Å². The standard InChI is InChI=1S/C20H16F3N5O/c21-13-5-6-14(22)17-16(13)18(25)27-20(26-17)7-8-28(10-15(20)23)19(29)12-3-1-11(9-24)2-4-12/h1-6,15,26H,7-8,10H2,(H2,25,27)/t15-,20+/m0/s1. The van der Waals surface area contributed by atoms with Gasteiger partial charge in [-0.15, -0.1) is 0 Å². The van der Waals surface area contributed by atoms with Gasteiger partial charge in [-0.05, 0) is 36.4 Å². The average Bonchev–Trinajstić information content (AvgIpc) is 2.72. The summed E-state index contributed by atoms with van der Waals surface area (Å²) in [4.78, 5) is 18.1. The van der Waals surface area contributed by atoms with E-state index in [2.05, 4.69) is 10.3 Å². The van der Waals surface area contributed by atoms with Crippen LogP contribution in [-0.4, -0.2) is 41.6 Å². The highest BCUT2D eigenvalue weighted by Crippen LogP contribution is 2.38. The highest BCUT2D eigenvalue weighted by Gasteiger charge is 2.48. The maximum absolute atomic E-state index is 15.2. The normalized spacial score (nSPS) is 23.0. The Bertz CT molecular complexity index is 1060. The number of carbonyl (C=O) groups is 1. The number of alkyl halides is 1. The van der Waals surface area contributed by atoms with Crippen LogP contribution in [0, 0.1) is 23.0 Å². The zero-order chi connectivity index (χ0) is 20.8. The van der Waals surface area contributed by atoms with Gasteiger partial charge in [0.05, 0.1) is 29.4 Å². The summed E-state index contributed by atoms with van der Waals surface area (Å²) in [5.74, 6) is -2.20. The number of nitrogens with zero attached hydrogens (tertiary/aromatic N) is 3. The number of amides is 1. The molecule has 2 aromatic carbocycles. The Morgan fingerprint density at radius 3 is 2.59 bits per heavy atom. The summed E-state index contributed by atoms with van der Waals surface area (Å²) in [6.45, 7) is -0.163. The van der Waals surface area contributed by atoms with Crippen LogP contribution in [0.4, 0.5) is 18.9 Å². The van der Waals surface area contributed by atoms with Crippen LogP contribution in [0.3, 0.4) is 0 Å². The van der Waals surface area contributed by atoms with Gasteiger partial charge < -0.3 is 16.0 Å². The molecule has 1 spiro atoms. The molecule has 4 rings (SSSR count). The quantitative estimate of drug-likeness (QED) is 0.771. The molecule has 2 atom stereocenters. The Hall–Kier alpha value is -3.54. The average molecular weight is 399 g/mol. The lowest BCUT2D eigenvalue weighted by Crippen LogP contribution is -2.60.